The highest BCUT2D eigenvalue weighted by Crippen LogP contribution is 2.22. The molecule has 0 spiro atoms. The molecule has 0 radical (unpaired) electrons. The van der Waals surface area contributed by atoms with Gasteiger partial charge in [-0.25, -0.2) is 9.67 Å². The Bertz CT molecular complexity index is 775. The van der Waals surface area contributed by atoms with Crippen LogP contribution in [0.1, 0.15) is 24.7 Å². The van der Waals surface area contributed by atoms with Gasteiger partial charge in [-0.05, 0) is 38.5 Å². The van der Waals surface area contributed by atoms with Crippen molar-refractivity contribution in [3.05, 3.63) is 41.7 Å². The third-order valence-corrected chi connectivity index (χ3v) is 3.33. The minimum absolute atomic E-state index is 0.609. The summed E-state index contributed by atoms with van der Waals surface area (Å²) in [5.41, 5.74) is 2.92. The zero-order valence-electron chi connectivity index (χ0n) is 12.6. The van der Waals surface area contributed by atoms with Crippen molar-refractivity contribution in [1.29, 1.82) is 0 Å². The van der Waals surface area contributed by atoms with E-state index >= 15 is 0 Å². The van der Waals surface area contributed by atoms with E-state index in [2.05, 4.69) is 27.3 Å². The monoisotopic (exact) mass is 281 g/mol. The maximum Gasteiger partial charge on any atom is 0.253 e. The molecule has 21 heavy (non-hydrogen) atoms. The Morgan fingerprint density at radius 1 is 1.14 bits per heavy atom. The van der Waals surface area contributed by atoms with E-state index in [1.807, 2.05) is 44.2 Å². The van der Waals surface area contributed by atoms with Crippen LogP contribution in [0.4, 0.5) is 5.82 Å². The zero-order valence-corrected chi connectivity index (χ0v) is 12.6. The second-order valence-electron chi connectivity index (χ2n) is 5.16. The molecule has 2 aromatic heterocycles. The highest BCUT2D eigenvalue weighted by Gasteiger charge is 2.11. The van der Waals surface area contributed by atoms with E-state index in [-0.39, 0.29) is 0 Å². The second kappa shape index (κ2) is 5.52. The number of nitrogens with one attached hydrogen (secondary N) is 1. The number of anilines is 1. The lowest BCUT2D eigenvalue weighted by molar-refractivity contribution is 0.779. The summed E-state index contributed by atoms with van der Waals surface area (Å²) in [4.78, 5) is 9.30. The number of aromatic nitrogens is 4. The molecular weight excluding hydrogens is 262 g/mol. The zero-order chi connectivity index (χ0) is 14.8. The van der Waals surface area contributed by atoms with Crippen LogP contribution in [0.15, 0.2) is 30.3 Å². The van der Waals surface area contributed by atoms with E-state index in [9.17, 15) is 0 Å². The fourth-order valence-corrected chi connectivity index (χ4v) is 2.37. The Morgan fingerprint density at radius 2 is 1.95 bits per heavy atom. The normalized spacial score (nSPS) is 11.0. The lowest BCUT2D eigenvalue weighted by atomic mass is 10.2. The van der Waals surface area contributed by atoms with E-state index in [0.717, 1.165) is 41.1 Å². The van der Waals surface area contributed by atoms with Crippen molar-refractivity contribution in [3.8, 4) is 5.95 Å². The Hall–Kier alpha value is -2.43. The number of hydrogen-bond donors (Lipinski definition) is 1. The van der Waals surface area contributed by atoms with Gasteiger partial charge in [0, 0.05) is 17.6 Å². The molecule has 5 nitrogen and oxygen atoms in total. The molecule has 0 atom stereocenters. The van der Waals surface area contributed by atoms with Crippen molar-refractivity contribution in [2.45, 2.75) is 27.2 Å². The van der Waals surface area contributed by atoms with Crippen LogP contribution in [0.25, 0.3) is 16.9 Å². The number of fused-ring (bicyclic) bond motifs is 1. The maximum absolute atomic E-state index is 4.66. The Balaban J connectivity index is 2.17. The van der Waals surface area contributed by atoms with Gasteiger partial charge in [-0.15, -0.1) is 0 Å². The lowest BCUT2D eigenvalue weighted by Gasteiger charge is -2.10. The molecule has 0 aliphatic carbocycles. The van der Waals surface area contributed by atoms with Gasteiger partial charge in [0.2, 0.25) is 0 Å². The molecule has 108 valence electrons. The van der Waals surface area contributed by atoms with Crippen molar-refractivity contribution < 1.29 is 0 Å². The van der Waals surface area contributed by atoms with Gasteiger partial charge >= 0.3 is 0 Å². The van der Waals surface area contributed by atoms with E-state index in [0.29, 0.717) is 5.95 Å². The van der Waals surface area contributed by atoms with Crippen molar-refractivity contribution in [2.75, 3.05) is 11.9 Å². The van der Waals surface area contributed by atoms with Crippen molar-refractivity contribution in [3.63, 3.8) is 0 Å². The summed E-state index contributed by atoms with van der Waals surface area (Å²) in [7, 11) is 0. The average Bonchev–Trinajstić information content (AvgIpc) is 2.83. The van der Waals surface area contributed by atoms with Crippen LogP contribution in [0, 0.1) is 13.8 Å². The largest absolute Gasteiger partial charge is 0.369 e. The van der Waals surface area contributed by atoms with E-state index in [1.165, 1.54) is 0 Å². The van der Waals surface area contributed by atoms with Crippen molar-refractivity contribution in [2.24, 2.45) is 0 Å². The van der Waals surface area contributed by atoms with Crippen LogP contribution in [0.2, 0.25) is 0 Å². The number of benzene rings is 1. The first-order chi connectivity index (χ1) is 10.2. The predicted molar refractivity (Wildman–Crippen MR) is 84.9 cm³/mol. The Labute approximate surface area is 124 Å². The van der Waals surface area contributed by atoms with Crippen LogP contribution >= 0.6 is 0 Å². The van der Waals surface area contributed by atoms with Gasteiger partial charge in [-0.3, -0.25) is 0 Å². The fourth-order valence-electron chi connectivity index (χ4n) is 2.37. The molecule has 0 aliphatic rings. The van der Waals surface area contributed by atoms with Gasteiger partial charge in [0.1, 0.15) is 5.82 Å². The number of aryl methyl sites for hydroxylation is 2. The smallest absolute Gasteiger partial charge is 0.253 e. The molecule has 5 heteroatoms. The summed E-state index contributed by atoms with van der Waals surface area (Å²) in [6, 6.07) is 10.1. The molecule has 0 bridgehead atoms. The van der Waals surface area contributed by atoms with E-state index < -0.39 is 0 Å². The molecule has 1 N–H and O–H groups in total. The van der Waals surface area contributed by atoms with Gasteiger partial charge in [-0.2, -0.15) is 10.1 Å². The lowest BCUT2D eigenvalue weighted by Crippen LogP contribution is -2.09. The number of hydrogen-bond acceptors (Lipinski definition) is 4. The SMILES string of the molecule is CCCNc1nc(-n2nc(C)cc2C)nc2ccccc12. The second-order valence-corrected chi connectivity index (χ2v) is 5.16. The van der Waals surface area contributed by atoms with E-state index in [1.54, 1.807) is 4.68 Å². The van der Waals surface area contributed by atoms with Crippen LogP contribution in [-0.4, -0.2) is 26.3 Å². The molecule has 0 fully saturated rings. The minimum Gasteiger partial charge on any atom is -0.369 e. The molecule has 1 aromatic carbocycles. The molecule has 0 aliphatic heterocycles. The van der Waals surface area contributed by atoms with Crippen molar-refractivity contribution >= 4 is 16.7 Å². The summed E-state index contributed by atoms with van der Waals surface area (Å²) in [5.74, 6) is 1.47. The number of nitrogens with zero attached hydrogens (tertiary/aromatic N) is 4. The summed E-state index contributed by atoms with van der Waals surface area (Å²) in [5, 5.41) is 8.89. The van der Waals surface area contributed by atoms with Crippen LogP contribution in [-0.2, 0) is 0 Å². The van der Waals surface area contributed by atoms with Crippen LogP contribution < -0.4 is 5.32 Å². The molecule has 3 aromatic rings. The molecule has 0 saturated heterocycles. The molecule has 0 unspecified atom stereocenters. The van der Waals surface area contributed by atoms with Crippen LogP contribution in [0.5, 0.6) is 0 Å². The first kappa shape index (κ1) is 13.5. The molecule has 0 saturated carbocycles. The summed E-state index contributed by atoms with van der Waals surface area (Å²) in [6.07, 6.45) is 1.05. The summed E-state index contributed by atoms with van der Waals surface area (Å²) >= 11 is 0. The highest BCUT2D eigenvalue weighted by atomic mass is 15.4. The molecule has 3 rings (SSSR count). The quantitative estimate of drug-likeness (QED) is 0.797. The van der Waals surface area contributed by atoms with Gasteiger partial charge in [0.15, 0.2) is 0 Å². The Morgan fingerprint density at radius 3 is 2.67 bits per heavy atom. The summed E-state index contributed by atoms with van der Waals surface area (Å²) < 4.78 is 1.79. The summed E-state index contributed by atoms with van der Waals surface area (Å²) in [6.45, 7) is 7.01. The van der Waals surface area contributed by atoms with Gasteiger partial charge < -0.3 is 5.32 Å². The third kappa shape index (κ3) is 2.59. The predicted octanol–water partition coefficient (Wildman–Crippen LogP) is 3.25. The number of para-hydroxylation sites is 1. The average molecular weight is 281 g/mol. The molecule has 2 heterocycles. The first-order valence-corrected chi connectivity index (χ1v) is 7.23. The van der Waals surface area contributed by atoms with Gasteiger partial charge in [-0.1, -0.05) is 19.1 Å². The van der Waals surface area contributed by atoms with Crippen LogP contribution in [0.3, 0.4) is 0 Å². The minimum atomic E-state index is 0.609. The van der Waals surface area contributed by atoms with Crippen molar-refractivity contribution in [1.82, 2.24) is 19.7 Å². The third-order valence-electron chi connectivity index (χ3n) is 3.33. The standard InChI is InChI=1S/C16H19N5/c1-4-9-17-15-13-7-5-6-8-14(13)18-16(19-15)21-12(3)10-11(2)20-21/h5-8,10H,4,9H2,1-3H3,(H,17,18,19). The molecular formula is C16H19N5. The first-order valence-electron chi connectivity index (χ1n) is 7.23. The number of rotatable bonds is 4. The highest BCUT2D eigenvalue weighted by molar-refractivity contribution is 5.89. The van der Waals surface area contributed by atoms with Gasteiger partial charge in [0.05, 0.1) is 11.2 Å². The van der Waals surface area contributed by atoms with Gasteiger partial charge in [0.25, 0.3) is 5.95 Å². The molecule has 0 amide bonds. The Kier molecular flexibility index (Phi) is 3.56. The van der Waals surface area contributed by atoms with E-state index in [4.69, 9.17) is 0 Å². The maximum atomic E-state index is 4.66. The fraction of sp³-hybridized carbons (Fsp3) is 0.312. The topological polar surface area (TPSA) is 55.6 Å².